The number of rotatable bonds is 4. The molecule has 0 radical (unpaired) electrons. The van der Waals surface area contributed by atoms with Crippen LogP contribution in [-0.4, -0.2) is 32.2 Å². The third-order valence-corrected chi connectivity index (χ3v) is 5.50. The van der Waals surface area contributed by atoms with Crippen LogP contribution in [0, 0.1) is 12.8 Å². The van der Waals surface area contributed by atoms with Crippen LogP contribution in [0.4, 0.5) is 0 Å². The van der Waals surface area contributed by atoms with Crippen LogP contribution in [0.2, 0.25) is 0 Å². The van der Waals surface area contributed by atoms with E-state index in [2.05, 4.69) is 0 Å². The van der Waals surface area contributed by atoms with E-state index in [-0.39, 0.29) is 40.1 Å². The molecule has 8 nitrogen and oxygen atoms in total. The third kappa shape index (κ3) is 4.38. The summed E-state index contributed by atoms with van der Waals surface area (Å²) in [4.78, 5) is 24.7. The summed E-state index contributed by atoms with van der Waals surface area (Å²) in [6.07, 6.45) is 4.70. The molecular weight excluding hydrogens is 440 g/mol. The molecule has 0 bridgehead atoms. The number of carbonyl (C=O) groups is 2. The van der Waals surface area contributed by atoms with Gasteiger partial charge in [-0.1, -0.05) is 18.2 Å². The van der Waals surface area contributed by atoms with E-state index in [1.807, 2.05) is 0 Å². The standard InChI is InChI=1S/C26H22O8/c1-13-9-15(4-7-18(13)28)3-6-17-12-21(31)23-24(22(33-17)10-14(2)27)25(34-26(23)32)16-5-8-19(29)20(30)11-16/h3-12,24-25,28-31H,1-2H3. The number of aliphatic hydroxyl groups is 1. The van der Waals surface area contributed by atoms with Gasteiger partial charge in [0.2, 0.25) is 0 Å². The molecule has 2 aliphatic heterocycles. The number of ketones is 1. The first kappa shape index (κ1) is 22.7. The van der Waals surface area contributed by atoms with Gasteiger partial charge in [0, 0.05) is 12.2 Å². The monoisotopic (exact) mass is 462 g/mol. The summed E-state index contributed by atoms with van der Waals surface area (Å²) >= 11 is 0. The van der Waals surface area contributed by atoms with Crippen LogP contribution in [0.5, 0.6) is 17.2 Å². The molecule has 174 valence electrons. The van der Waals surface area contributed by atoms with Crippen molar-refractivity contribution < 1.29 is 39.5 Å². The van der Waals surface area contributed by atoms with Gasteiger partial charge in [-0.15, -0.1) is 0 Å². The number of esters is 1. The van der Waals surface area contributed by atoms with Crippen molar-refractivity contribution in [2.75, 3.05) is 0 Å². The van der Waals surface area contributed by atoms with Crippen LogP contribution >= 0.6 is 0 Å². The summed E-state index contributed by atoms with van der Waals surface area (Å²) in [5.41, 5.74) is 1.68. The number of phenolic OH excluding ortho intramolecular Hbond substituents is 3. The number of allylic oxidation sites excluding steroid dienone is 3. The Morgan fingerprint density at radius 3 is 2.38 bits per heavy atom. The Bertz CT molecular complexity index is 1310. The summed E-state index contributed by atoms with van der Waals surface area (Å²) in [6, 6.07) is 8.96. The van der Waals surface area contributed by atoms with Crippen molar-refractivity contribution in [1.82, 2.24) is 0 Å². The zero-order valence-electron chi connectivity index (χ0n) is 18.4. The number of cyclic esters (lactones) is 1. The third-order valence-electron chi connectivity index (χ3n) is 5.50. The highest BCUT2D eigenvalue weighted by atomic mass is 16.6. The molecular formula is C26H22O8. The minimum atomic E-state index is -1.02. The van der Waals surface area contributed by atoms with Crippen LogP contribution < -0.4 is 0 Å². The van der Waals surface area contributed by atoms with E-state index in [9.17, 15) is 30.0 Å². The number of fused-ring (bicyclic) bond motifs is 1. The Hall–Kier alpha value is -4.46. The largest absolute Gasteiger partial charge is 0.508 e. The number of hydrogen-bond acceptors (Lipinski definition) is 8. The number of carbonyl (C=O) groups excluding carboxylic acids is 2. The average molecular weight is 462 g/mol. The van der Waals surface area contributed by atoms with E-state index < -0.39 is 23.7 Å². The highest BCUT2D eigenvalue weighted by Crippen LogP contribution is 2.47. The molecule has 0 amide bonds. The first-order valence-electron chi connectivity index (χ1n) is 10.4. The number of aromatic hydroxyl groups is 3. The molecule has 4 rings (SSSR count). The molecule has 34 heavy (non-hydrogen) atoms. The number of benzene rings is 2. The first-order valence-corrected chi connectivity index (χ1v) is 10.4. The SMILES string of the molecule is CC(=O)C=C1OC(C=Cc2ccc(O)c(C)c2)=CC(O)=C2C(=O)OC(c3ccc(O)c(O)c3)C12. The van der Waals surface area contributed by atoms with Gasteiger partial charge < -0.3 is 29.9 Å². The number of aryl methyl sites for hydroxylation is 1. The van der Waals surface area contributed by atoms with Crippen LogP contribution in [0.15, 0.2) is 77.5 Å². The molecule has 2 unspecified atom stereocenters. The minimum absolute atomic E-state index is 0.0766. The van der Waals surface area contributed by atoms with Crippen LogP contribution in [-0.2, 0) is 19.1 Å². The van der Waals surface area contributed by atoms with Crippen molar-refractivity contribution in [2.45, 2.75) is 20.0 Å². The predicted octanol–water partition coefficient (Wildman–Crippen LogP) is 4.24. The van der Waals surface area contributed by atoms with Crippen LogP contribution in [0.25, 0.3) is 6.08 Å². The molecule has 2 aromatic rings. The van der Waals surface area contributed by atoms with Crippen molar-refractivity contribution in [1.29, 1.82) is 0 Å². The lowest BCUT2D eigenvalue weighted by atomic mass is 9.88. The van der Waals surface area contributed by atoms with Crippen molar-refractivity contribution in [3.63, 3.8) is 0 Å². The van der Waals surface area contributed by atoms with Gasteiger partial charge in [-0.2, -0.15) is 0 Å². The molecule has 0 aromatic heterocycles. The van der Waals surface area contributed by atoms with E-state index >= 15 is 0 Å². The molecule has 2 aliphatic rings. The van der Waals surface area contributed by atoms with E-state index in [1.165, 1.54) is 37.3 Å². The Morgan fingerprint density at radius 2 is 1.71 bits per heavy atom. The lowest BCUT2D eigenvalue weighted by Crippen LogP contribution is -2.15. The zero-order valence-corrected chi connectivity index (χ0v) is 18.4. The van der Waals surface area contributed by atoms with Gasteiger partial charge >= 0.3 is 5.97 Å². The maximum atomic E-state index is 12.7. The molecule has 1 fully saturated rings. The average Bonchev–Trinajstić information content (AvgIpc) is 3.05. The molecule has 0 aliphatic carbocycles. The molecule has 8 heteroatoms. The fourth-order valence-electron chi connectivity index (χ4n) is 3.86. The second-order valence-electron chi connectivity index (χ2n) is 8.04. The zero-order chi connectivity index (χ0) is 24.6. The smallest absolute Gasteiger partial charge is 0.339 e. The molecule has 4 N–H and O–H groups in total. The molecule has 2 heterocycles. The van der Waals surface area contributed by atoms with E-state index in [1.54, 1.807) is 37.3 Å². The Morgan fingerprint density at radius 1 is 0.971 bits per heavy atom. The van der Waals surface area contributed by atoms with Crippen molar-refractivity contribution in [3.05, 3.63) is 94.2 Å². The molecule has 2 atom stereocenters. The maximum absolute atomic E-state index is 12.7. The highest BCUT2D eigenvalue weighted by Gasteiger charge is 2.47. The number of phenols is 3. The fraction of sp³-hybridized carbons (Fsp3) is 0.154. The normalized spacial score (nSPS) is 21.2. The van der Waals surface area contributed by atoms with Gasteiger partial charge in [-0.25, -0.2) is 4.79 Å². The minimum Gasteiger partial charge on any atom is -0.508 e. The molecule has 2 aromatic carbocycles. The van der Waals surface area contributed by atoms with Crippen molar-refractivity contribution >= 4 is 17.8 Å². The van der Waals surface area contributed by atoms with E-state index in [4.69, 9.17) is 9.47 Å². The molecule has 0 saturated carbocycles. The lowest BCUT2D eigenvalue weighted by Gasteiger charge is -2.21. The summed E-state index contributed by atoms with van der Waals surface area (Å²) < 4.78 is 11.4. The fourth-order valence-corrected chi connectivity index (χ4v) is 3.86. The van der Waals surface area contributed by atoms with Gasteiger partial charge in [0.1, 0.15) is 29.1 Å². The van der Waals surface area contributed by atoms with Gasteiger partial charge in [0.05, 0.1) is 11.5 Å². The van der Waals surface area contributed by atoms with Gasteiger partial charge in [-0.05, 0) is 60.9 Å². The molecule has 1 saturated heterocycles. The molecule has 0 spiro atoms. The Kier molecular flexibility index (Phi) is 5.89. The summed E-state index contributed by atoms with van der Waals surface area (Å²) in [5, 5.41) is 40.0. The Balaban J connectivity index is 1.76. The van der Waals surface area contributed by atoms with Crippen molar-refractivity contribution in [2.24, 2.45) is 5.92 Å². The number of hydrogen-bond donors (Lipinski definition) is 4. The van der Waals surface area contributed by atoms with E-state index in [0.717, 1.165) is 5.56 Å². The van der Waals surface area contributed by atoms with Crippen LogP contribution in [0.3, 0.4) is 0 Å². The number of aliphatic hydroxyl groups excluding tert-OH is 1. The summed E-state index contributed by atoms with van der Waals surface area (Å²) in [5.74, 6) is -2.85. The summed E-state index contributed by atoms with van der Waals surface area (Å²) in [6.45, 7) is 3.08. The van der Waals surface area contributed by atoms with Crippen molar-refractivity contribution in [3.8, 4) is 17.2 Å². The Labute approximate surface area is 195 Å². The lowest BCUT2D eigenvalue weighted by molar-refractivity contribution is -0.139. The van der Waals surface area contributed by atoms with Crippen LogP contribution in [0.1, 0.15) is 29.7 Å². The second kappa shape index (κ2) is 8.82. The second-order valence-corrected chi connectivity index (χ2v) is 8.04. The summed E-state index contributed by atoms with van der Waals surface area (Å²) in [7, 11) is 0. The maximum Gasteiger partial charge on any atom is 0.339 e. The van der Waals surface area contributed by atoms with E-state index in [0.29, 0.717) is 11.1 Å². The quantitative estimate of drug-likeness (QED) is 0.301. The van der Waals surface area contributed by atoms with Gasteiger partial charge in [0.15, 0.2) is 17.3 Å². The van der Waals surface area contributed by atoms with Gasteiger partial charge in [-0.3, -0.25) is 4.79 Å². The van der Waals surface area contributed by atoms with Gasteiger partial charge in [0.25, 0.3) is 0 Å². The predicted molar refractivity (Wildman–Crippen MR) is 122 cm³/mol. The highest BCUT2D eigenvalue weighted by molar-refractivity contribution is 5.95. The topological polar surface area (TPSA) is 134 Å². The number of ether oxygens (including phenoxy) is 2. The first-order chi connectivity index (χ1) is 16.1.